The fraction of sp³-hybridized carbons (Fsp3) is 0.300. The van der Waals surface area contributed by atoms with Gasteiger partial charge in [0.05, 0.1) is 13.0 Å². The fourth-order valence-electron chi connectivity index (χ4n) is 1.70. The molecular weight excluding hydrogens is 185 g/mol. The zero-order valence-corrected chi connectivity index (χ0v) is 7.53. The van der Waals surface area contributed by atoms with Gasteiger partial charge in [-0.15, -0.1) is 0 Å². The van der Waals surface area contributed by atoms with Gasteiger partial charge in [0, 0.05) is 12.2 Å². The molecule has 1 aromatic carbocycles. The first-order chi connectivity index (χ1) is 6.72. The zero-order chi connectivity index (χ0) is 10.1. The van der Waals surface area contributed by atoms with E-state index in [1.54, 1.807) is 6.07 Å². The minimum atomic E-state index is -0.331. The number of fused-ring (bicyclic) bond motifs is 1. The number of carbonyl (C=O) groups excluding carboxylic acids is 1. The molecule has 1 heterocycles. The topological polar surface area (TPSA) is 40.5 Å². The van der Waals surface area contributed by atoms with Crippen molar-refractivity contribution in [3.8, 4) is 0 Å². The molecule has 14 heavy (non-hydrogen) atoms. The Bertz CT molecular complexity index is 378. The van der Waals surface area contributed by atoms with Crippen molar-refractivity contribution in [2.75, 3.05) is 18.1 Å². The molecular formula is C10H10FNO2. The maximum Gasteiger partial charge on any atom is 0.231 e. The van der Waals surface area contributed by atoms with E-state index < -0.39 is 0 Å². The normalized spacial score (nSPS) is 14.7. The molecule has 74 valence electrons. The Morgan fingerprint density at radius 3 is 3.00 bits per heavy atom. The number of benzene rings is 1. The molecule has 0 spiro atoms. The number of β-amino-alcohol motifs (C(OH)–C–C–N with tert-alkyl or cyclic N) is 1. The highest BCUT2D eigenvalue weighted by molar-refractivity contribution is 6.01. The number of rotatable bonds is 2. The van der Waals surface area contributed by atoms with Gasteiger partial charge >= 0.3 is 0 Å². The first-order valence-corrected chi connectivity index (χ1v) is 4.42. The lowest BCUT2D eigenvalue weighted by Crippen LogP contribution is -2.29. The second kappa shape index (κ2) is 3.38. The Kier molecular flexibility index (Phi) is 2.21. The molecule has 1 aromatic rings. The van der Waals surface area contributed by atoms with Crippen LogP contribution in [0, 0.1) is 5.82 Å². The molecule has 0 unspecified atom stereocenters. The summed E-state index contributed by atoms with van der Waals surface area (Å²) in [7, 11) is 0. The third-order valence-electron chi connectivity index (χ3n) is 2.30. The van der Waals surface area contributed by atoms with Gasteiger partial charge in [-0.3, -0.25) is 4.79 Å². The molecule has 0 saturated carbocycles. The van der Waals surface area contributed by atoms with E-state index >= 15 is 0 Å². The fourth-order valence-corrected chi connectivity index (χ4v) is 1.70. The highest BCUT2D eigenvalue weighted by atomic mass is 19.1. The van der Waals surface area contributed by atoms with Gasteiger partial charge in [-0.05, 0) is 23.8 Å². The minimum Gasteiger partial charge on any atom is -0.395 e. The summed E-state index contributed by atoms with van der Waals surface area (Å²) in [5, 5.41) is 8.76. The standard InChI is InChI=1S/C10H10FNO2/c11-8-1-2-9-7(5-8)6-10(14)12(9)3-4-13/h1-2,5,13H,3-4,6H2. The molecule has 3 nitrogen and oxygen atoms in total. The predicted octanol–water partition coefficient (Wildman–Crippen LogP) is 0.707. The monoisotopic (exact) mass is 195 g/mol. The van der Waals surface area contributed by atoms with Crippen LogP contribution in [0.1, 0.15) is 5.56 Å². The number of hydrogen-bond acceptors (Lipinski definition) is 2. The highest BCUT2D eigenvalue weighted by Gasteiger charge is 2.26. The van der Waals surface area contributed by atoms with Crippen LogP contribution < -0.4 is 4.90 Å². The van der Waals surface area contributed by atoms with Gasteiger partial charge in [-0.1, -0.05) is 0 Å². The molecule has 1 amide bonds. The Labute approximate surface area is 80.8 Å². The Morgan fingerprint density at radius 2 is 2.29 bits per heavy atom. The molecule has 0 bridgehead atoms. The molecule has 1 aliphatic heterocycles. The van der Waals surface area contributed by atoms with Gasteiger partial charge in [-0.2, -0.15) is 0 Å². The summed E-state index contributed by atoms with van der Waals surface area (Å²) < 4.78 is 12.8. The SMILES string of the molecule is O=C1Cc2cc(F)ccc2N1CCO. The molecule has 1 aliphatic rings. The highest BCUT2D eigenvalue weighted by Crippen LogP contribution is 2.28. The number of aliphatic hydroxyl groups excluding tert-OH is 1. The quantitative estimate of drug-likeness (QED) is 0.754. The van der Waals surface area contributed by atoms with Crippen molar-refractivity contribution >= 4 is 11.6 Å². The average molecular weight is 195 g/mol. The third-order valence-corrected chi connectivity index (χ3v) is 2.30. The van der Waals surface area contributed by atoms with E-state index in [0.717, 1.165) is 0 Å². The molecule has 2 rings (SSSR count). The number of halogens is 1. The van der Waals surface area contributed by atoms with Crippen molar-refractivity contribution in [3.63, 3.8) is 0 Å². The number of carbonyl (C=O) groups is 1. The van der Waals surface area contributed by atoms with Gasteiger partial charge in [0.25, 0.3) is 0 Å². The van der Waals surface area contributed by atoms with Gasteiger partial charge in [0.2, 0.25) is 5.91 Å². The lowest BCUT2D eigenvalue weighted by molar-refractivity contribution is -0.117. The van der Waals surface area contributed by atoms with Crippen molar-refractivity contribution in [3.05, 3.63) is 29.6 Å². The summed E-state index contributed by atoms with van der Waals surface area (Å²) >= 11 is 0. The number of nitrogens with zero attached hydrogens (tertiary/aromatic N) is 1. The zero-order valence-electron chi connectivity index (χ0n) is 7.53. The molecule has 1 N–H and O–H groups in total. The molecule has 0 aromatic heterocycles. The van der Waals surface area contributed by atoms with E-state index in [0.29, 0.717) is 11.3 Å². The van der Waals surface area contributed by atoms with Crippen molar-refractivity contribution < 1.29 is 14.3 Å². The van der Waals surface area contributed by atoms with Gasteiger partial charge in [-0.25, -0.2) is 4.39 Å². The molecule has 0 fully saturated rings. The predicted molar refractivity (Wildman–Crippen MR) is 49.5 cm³/mol. The van der Waals surface area contributed by atoms with E-state index in [-0.39, 0.29) is 31.3 Å². The molecule has 0 saturated heterocycles. The number of hydrogen-bond donors (Lipinski definition) is 1. The Hall–Kier alpha value is -1.42. The van der Waals surface area contributed by atoms with E-state index in [2.05, 4.69) is 0 Å². The van der Waals surface area contributed by atoms with Crippen LogP contribution in [-0.2, 0) is 11.2 Å². The van der Waals surface area contributed by atoms with E-state index in [1.165, 1.54) is 17.0 Å². The average Bonchev–Trinajstić information content (AvgIpc) is 2.43. The van der Waals surface area contributed by atoms with Crippen LogP contribution in [0.4, 0.5) is 10.1 Å². The van der Waals surface area contributed by atoms with Crippen LogP contribution in [-0.4, -0.2) is 24.2 Å². The van der Waals surface area contributed by atoms with Crippen LogP contribution in [0.2, 0.25) is 0 Å². The first kappa shape index (κ1) is 9.15. The van der Waals surface area contributed by atoms with E-state index in [1.807, 2.05) is 0 Å². The van der Waals surface area contributed by atoms with Gasteiger partial charge in [0.15, 0.2) is 0 Å². The van der Waals surface area contributed by atoms with E-state index in [9.17, 15) is 9.18 Å². The second-order valence-electron chi connectivity index (χ2n) is 3.22. The molecule has 0 radical (unpaired) electrons. The summed E-state index contributed by atoms with van der Waals surface area (Å²) in [5.74, 6) is -0.415. The smallest absolute Gasteiger partial charge is 0.231 e. The summed E-state index contributed by atoms with van der Waals surface area (Å²) in [6.45, 7) is 0.194. The number of anilines is 1. The minimum absolute atomic E-state index is 0.0808. The summed E-state index contributed by atoms with van der Waals surface area (Å²) in [6, 6.07) is 4.26. The maximum atomic E-state index is 12.8. The second-order valence-corrected chi connectivity index (χ2v) is 3.22. The number of aliphatic hydroxyl groups is 1. The summed E-state index contributed by atoms with van der Waals surface area (Å²) in [5.41, 5.74) is 1.41. The van der Waals surface area contributed by atoms with Crippen LogP contribution in [0.5, 0.6) is 0 Å². The molecule has 0 atom stereocenters. The number of amides is 1. The van der Waals surface area contributed by atoms with Crippen molar-refractivity contribution in [2.24, 2.45) is 0 Å². The van der Waals surface area contributed by atoms with Crippen LogP contribution in [0.15, 0.2) is 18.2 Å². The summed E-state index contributed by atoms with van der Waals surface area (Å²) in [6.07, 6.45) is 0.229. The van der Waals surface area contributed by atoms with Crippen molar-refractivity contribution in [1.29, 1.82) is 0 Å². The van der Waals surface area contributed by atoms with Crippen molar-refractivity contribution in [2.45, 2.75) is 6.42 Å². The van der Waals surface area contributed by atoms with Crippen molar-refractivity contribution in [1.82, 2.24) is 0 Å². The third kappa shape index (κ3) is 1.37. The molecule has 4 heteroatoms. The first-order valence-electron chi connectivity index (χ1n) is 4.42. The lowest BCUT2D eigenvalue weighted by Gasteiger charge is -2.15. The maximum absolute atomic E-state index is 12.8. The summed E-state index contributed by atoms with van der Waals surface area (Å²) in [4.78, 5) is 12.9. The Balaban J connectivity index is 2.37. The lowest BCUT2D eigenvalue weighted by atomic mass is 10.1. The largest absolute Gasteiger partial charge is 0.395 e. The van der Waals surface area contributed by atoms with Crippen LogP contribution >= 0.6 is 0 Å². The van der Waals surface area contributed by atoms with Gasteiger partial charge < -0.3 is 10.0 Å². The Morgan fingerprint density at radius 1 is 1.50 bits per heavy atom. The van der Waals surface area contributed by atoms with Crippen LogP contribution in [0.3, 0.4) is 0 Å². The van der Waals surface area contributed by atoms with Crippen LogP contribution in [0.25, 0.3) is 0 Å². The van der Waals surface area contributed by atoms with E-state index in [4.69, 9.17) is 5.11 Å². The van der Waals surface area contributed by atoms with Gasteiger partial charge in [0.1, 0.15) is 5.82 Å². The molecule has 0 aliphatic carbocycles.